The highest BCUT2D eigenvalue weighted by Gasteiger charge is 2.62. The lowest BCUT2D eigenvalue weighted by Gasteiger charge is -2.38. The summed E-state index contributed by atoms with van der Waals surface area (Å²) in [5.74, 6) is -1.16. The molecule has 2 aromatic rings. The van der Waals surface area contributed by atoms with Crippen LogP contribution < -0.4 is 10.1 Å². The molecular formula is C28H33ClFNO5. The van der Waals surface area contributed by atoms with Crippen molar-refractivity contribution in [1.29, 1.82) is 0 Å². The number of fused-ring (bicyclic) bond motifs is 2. The number of hydrogen-bond donors (Lipinski definition) is 2. The number of anilines is 1. The summed E-state index contributed by atoms with van der Waals surface area (Å²) in [6.07, 6.45) is 3.60. The number of aromatic hydroxyl groups is 1. The molecule has 0 heterocycles. The molecule has 2 aromatic carbocycles. The molecule has 6 nitrogen and oxygen atoms in total. The van der Waals surface area contributed by atoms with Crippen LogP contribution in [0.4, 0.5) is 10.1 Å². The Morgan fingerprint density at radius 2 is 1.97 bits per heavy atom. The SMILES string of the molecule is CCCC(=O)Oc1cc(NCc2cc(F)cc(Cl)c2O)ccc1C(=O)OC1CC2CCC1(C)C2(C)C. The number of nitrogens with one attached hydrogen (secondary N) is 1. The van der Waals surface area contributed by atoms with Crippen molar-refractivity contribution in [1.82, 2.24) is 0 Å². The van der Waals surface area contributed by atoms with E-state index in [4.69, 9.17) is 21.1 Å². The molecule has 2 aliphatic rings. The van der Waals surface area contributed by atoms with Crippen LogP contribution in [0, 0.1) is 22.6 Å². The Kier molecular flexibility index (Phi) is 7.24. The fourth-order valence-corrected chi connectivity index (χ4v) is 5.94. The average Bonchev–Trinajstić information content (AvgIpc) is 3.14. The molecule has 4 rings (SSSR count). The normalized spacial score (nSPS) is 23.9. The number of ether oxygens (including phenoxy) is 2. The van der Waals surface area contributed by atoms with Gasteiger partial charge in [-0.25, -0.2) is 9.18 Å². The summed E-state index contributed by atoms with van der Waals surface area (Å²) in [4.78, 5) is 25.6. The molecule has 3 unspecified atom stereocenters. The second-order valence-corrected chi connectivity index (χ2v) is 11.1. The van der Waals surface area contributed by atoms with Gasteiger partial charge >= 0.3 is 11.9 Å². The van der Waals surface area contributed by atoms with Gasteiger partial charge in [-0.3, -0.25) is 4.79 Å². The molecule has 194 valence electrons. The minimum atomic E-state index is -0.570. The predicted molar refractivity (Wildman–Crippen MR) is 136 cm³/mol. The van der Waals surface area contributed by atoms with Crippen molar-refractivity contribution < 1.29 is 28.6 Å². The lowest BCUT2D eigenvalue weighted by Crippen LogP contribution is -2.38. The van der Waals surface area contributed by atoms with Crippen LogP contribution in [0.5, 0.6) is 11.5 Å². The fraction of sp³-hybridized carbons (Fsp3) is 0.500. The summed E-state index contributed by atoms with van der Waals surface area (Å²) in [6, 6.07) is 6.95. The first-order chi connectivity index (χ1) is 17.0. The third-order valence-corrected chi connectivity index (χ3v) is 8.72. The Balaban J connectivity index is 1.55. The fourth-order valence-electron chi connectivity index (χ4n) is 5.72. The van der Waals surface area contributed by atoms with Crippen molar-refractivity contribution in [2.24, 2.45) is 16.7 Å². The quantitative estimate of drug-likeness (QED) is 0.293. The van der Waals surface area contributed by atoms with Crippen LogP contribution in [-0.2, 0) is 16.1 Å². The van der Waals surface area contributed by atoms with Gasteiger partial charge in [0, 0.05) is 35.7 Å². The number of hydrogen-bond acceptors (Lipinski definition) is 6. The van der Waals surface area contributed by atoms with Crippen molar-refractivity contribution in [3.8, 4) is 11.5 Å². The first-order valence-corrected chi connectivity index (χ1v) is 12.8. The molecule has 0 amide bonds. The van der Waals surface area contributed by atoms with Gasteiger partial charge in [0.2, 0.25) is 0 Å². The zero-order valence-corrected chi connectivity index (χ0v) is 21.9. The minimum Gasteiger partial charge on any atom is -0.506 e. The molecule has 2 bridgehead atoms. The number of phenolic OH excluding ortho intramolecular Hbond substituents is 1. The van der Waals surface area contributed by atoms with Crippen LogP contribution in [0.2, 0.25) is 5.02 Å². The predicted octanol–water partition coefficient (Wildman–Crippen LogP) is 6.87. The Morgan fingerprint density at radius 1 is 1.22 bits per heavy atom. The van der Waals surface area contributed by atoms with Crippen molar-refractivity contribution in [2.45, 2.75) is 72.4 Å². The Hall–Kier alpha value is -2.80. The van der Waals surface area contributed by atoms with E-state index in [-0.39, 0.29) is 57.5 Å². The molecule has 2 saturated carbocycles. The summed E-state index contributed by atoms with van der Waals surface area (Å²) in [6.45, 7) is 8.62. The van der Waals surface area contributed by atoms with Crippen LogP contribution in [0.3, 0.4) is 0 Å². The van der Waals surface area contributed by atoms with E-state index in [9.17, 15) is 19.1 Å². The average molecular weight is 518 g/mol. The monoisotopic (exact) mass is 517 g/mol. The topological polar surface area (TPSA) is 84.9 Å². The highest BCUT2D eigenvalue weighted by molar-refractivity contribution is 6.32. The van der Waals surface area contributed by atoms with Gasteiger partial charge in [0.1, 0.15) is 29.0 Å². The molecule has 0 aliphatic heterocycles. The lowest BCUT2D eigenvalue weighted by molar-refractivity contribution is -0.134. The minimum absolute atomic E-state index is 0.0619. The van der Waals surface area contributed by atoms with E-state index in [0.29, 0.717) is 18.0 Å². The van der Waals surface area contributed by atoms with Gasteiger partial charge in [-0.2, -0.15) is 0 Å². The van der Waals surface area contributed by atoms with Crippen molar-refractivity contribution in [3.05, 3.63) is 52.3 Å². The van der Waals surface area contributed by atoms with E-state index >= 15 is 0 Å². The second kappa shape index (κ2) is 9.92. The molecule has 8 heteroatoms. The molecule has 0 saturated heterocycles. The summed E-state index contributed by atoms with van der Waals surface area (Å²) in [5, 5.41) is 13.1. The van der Waals surface area contributed by atoms with E-state index in [0.717, 1.165) is 25.3 Å². The molecule has 2 aliphatic carbocycles. The Bertz CT molecular complexity index is 1180. The number of rotatable bonds is 8. The van der Waals surface area contributed by atoms with E-state index < -0.39 is 17.8 Å². The number of esters is 2. The van der Waals surface area contributed by atoms with Gasteiger partial charge in [-0.15, -0.1) is 0 Å². The van der Waals surface area contributed by atoms with E-state index in [2.05, 4.69) is 26.1 Å². The maximum Gasteiger partial charge on any atom is 0.342 e. The van der Waals surface area contributed by atoms with E-state index in [1.165, 1.54) is 12.1 Å². The molecule has 0 radical (unpaired) electrons. The highest BCUT2D eigenvalue weighted by atomic mass is 35.5. The number of carbonyl (C=O) groups excluding carboxylic acids is 2. The zero-order valence-electron chi connectivity index (χ0n) is 21.1. The van der Waals surface area contributed by atoms with Crippen LogP contribution in [0.25, 0.3) is 0 Å². The summed E-state index contributed by atoms with van der Waals surface area (Å²) in [7, 11) is 0. The van der Waals surface area contributed by atoms with Gasteiger partial charge in [0.15, 0.2) is 0 Å². The second-order valence-electron chi connectivity index (χ2n) is 10.7. The van der Waals surface area contributed by atoms with Crippen LogP contribution in [0.1, 0.15) is 75.7 Å². The summed E-state index contributed by atoms with van der Waals surface area (Å²) >= 11 is 5.86. The third-order valence-electron chi connectivity index (χ3n) is 8.43. The number of carbonyl (C=O) groups is 2. The number of benzene rings is 2. The zero-order chi connectivity index (χ0) is 26.3. The Labute approximate surface area is 216 Å². The first kappa shape index (κ1) is 26.3. The van der Waals surface area contributed by atoms with Gasteiger partial charge in [0.25, 0.3) is 0 Å². The molecule has 2 N–H and O–H groups in total. The van der Waals surface area contributed by atoms with Crippen LogP contribution in [0.15, 0.2) is 30.3 Å². The van der Waals surface area contributed by atoms with Crippen molar-refractivity contribution >= 4 is 29.2 Å². The van der Waals surface area contributed by atoms with Gasteiger partial charge in [-0.05, 0) is 61.3 Å². The highest BCUT2D eigenvalue weighted by Crippen LogP contribution is 2.66. The van der Waals surface area contributed by atoms with Crippen molar-refractivity contribution in [3.63, 3.8) is 0 Å². The number of phenols is 1. The summed E-state index contributed by atoms with van der Waals surface area (Å²) in [5.41, 5.74) is 0.944. The molecule has 2 fully saturated rings. The van der Waals surface area contributed by atoms with Crippen molar-refractivity contribution in [2.75, 3.05) is 5.32 Å². The van der Waals surface area contributed by atoms with Crippen LogP contribution in [-0.4, -0.2) is 23.1 Å². The molecular weight excluding hydrogens is 485 g/mol. The van der Waals surface area contributed by atoms with Gasteiger partial charge in [0.05, 0.1) is 5.02 Å². The smallest absolute Gasteiger partial charge is 0.342 e. The molecule has 36 heavy (non-hydrogen) atoms. The Morgan fingerprint density at radius 3 is 2.61 bits per heavy atom. The molecule has 3 atom stereocenters. The largest absolute Gasteiger partial charge is 0.506 e. The first-order valence-electron chi connectivity index (χ1n) is 12.4. The lowest BCUT2D eigenvalue weighted by atomic mass is 9.70. The van der Waals surface area contributed by atoms with E-state index in [1.54, 1.807) is 12.1 Å². The third kappa shape index (κ3) is 4.77. The van der Waals surface area contributed by atoms with Crippen LogP contribution >= 0.6 is 11.6 Å². The molecule has 0 aromatic heterocycles. The standard InChI is InChI=1S/C28H33ClFNO5/c1-5-6-24(32)35-22-14-19(31-15-16-11-18(30)13-21(29)25(16)33)7-8-20(22)26(34)36-23-12-17-9-10-28(23,4)27(17,2)3/h7-8,11,13-14,17,23,31,33H,5-6,9-10,12,15H2,1-4H3. The number of halogens is 2. The van der Waals surface area contributed by atoms with Gasteiger partial charge in [-0.1, -0.05) is 39.3 Å². The summed E-state index contributed by atoms with van der Waals surface area (Å²) < 4.78 is 25.3. The molecule has 0 spiro atoms. The van der Waals surface area contributed by atoms with E-state index in [1.807, 2.05) is 6.92 Å². The maximum atomic E-state index is 13.7. The van der Waals surface area contributed by atoms with Gasteiger partial charge < -0.3 is 19.9 Å². The maximum absolute atomic E-state index is 13.7.